The maximum absolute atomic E-state index is 11.8. The summed E-state index contributed by atoms with van der Waals surface area (Å²) < 4.78 is 39.8. The molecular weight excluding hydrogens is 197 g/mol. The standard InChI is InChI=1S/C8H9F3N2O/c1-5-2-6(12)3-13-7(5)14-4-8(9,10)11/h2-3H,4,12H2,1H3. The topological polar surface area (TPSA) is 48.1 Å². The van der Waals surface area contributed by atoms with Crippen LogP contribution in [0, 0.1) is 6.92 Å². The Kier molecular flexibility index (Phi) is 2.83. The molecule has 2 N–H and O–H groups in total. The first-order chi connectivity index (χ1) is 6.38. The van der Waals surface area contributed by atoms with Crippen LogP contribution in [0.15, 0.2) is 12.3 Å². The molecule has 0 spiro atoms. The average Bonchev–Trinajstić information content (AvgIpc) is 2.00. The lowest BCUT2D eigenvalue weighted by atomic mass is 10.3. The van der Waals surface area contributed by atoms with Gasteiger partial charge >= 0.3 is 6.18 Å². The van der Waals surface area contributed by atoms with E-state index in [1.807, 2.05) is 0 Å². The smallest absolute Gasteiger partial charge is 0.422 e. The van der Waals surface area contributed by atoms with Gasteiger partial charge in [-0.15, -0.1) is 0 Å². The van der Waals surface area contributed by atoms with E-state index in [9.17, 15) is 13.2 Å². The minimum absolute atomic E-state index is 0.0449. The molecule has 1 aromatic heterocycles. The molecular formula is C8H9F3N2O. The molecule has 0 saturated carbocycles. The Bertz CT molecular complexity index is 325. The zero-order valence-electron chi connectivity index (χ0n) is 7.43. The van der Waals surface area contributed by atoms with Crippen molar-refractivity contribution >= 4 is 5.69 Å². The lowest BCUT2D eigenvalue weighted by Crippen LogP contribution is -2.20. The number of ether oxygens (including phenoxy) is 1. The van der Waals surface area contributed by atoms with Gasteiger partial charge in [-0.25, -0.2) is 4.98 Å². The van der Waals surface area contributed by atoms with Crippen molar-refractivity contribution in [2.45, 2.75) is 13.1 Å². The Hall–Kier alpha value is -1.46. The molecule has 14 heavy (non-hydrogen) atoms. The highest BCUT2D eigenvalue weighted by molar-refractivity contribution is 5.41. The van der Waals surface area contributed by atoms with E-state index in [0.29, 0.717) is 11.3 Å². The van der Waals surface area contributed by atoms with E-state index in [-0.39, 0.29) is 5.88 Å². The molecule has 0 aromatic carbocycles. The molecule has 0 radical (unpaired) electrons. The van der Waals surface area contributed by atoms with Crippen LogP contribution >= 0.6 is 0 Å². The molecule has 0 aliphatic carbocycles. The van der Waals surface area contributed by atoms with Gasteiger partial charge in [-0.2, -0.15) is 13.2 Å². The quantitative estimate of drug-likeness (QED) is 0.804. The van der Waals surface area contributed by atoms with Gasteiger partial charge in [0.1, 0.15) is 0 Å². The molecule has 0 saturated heterocycles. The first kappa shape index (κ1) is 10.6. The first-order valence-electron chi connectivity index (χ1n) is 3.80. The average molecular weight is 206 g/mol. The molecule has 0 fully saturated rings. The minimum Gasteiger partial charge on any atom is -0.468 e. The molecule has 0 aliphatic rings. The summed E-state index contributed by atoms with van der Waals surface area (Å²) in [5.74, 6) is -0.0449. The molecule has 1 aromatic rings. The molecule has 0 atom stereocenters. The monoisotopic (exact) mass is 206 g/mol. The third kappa shape index (κ3) is 3.12. The lowest BCUT2D eigenvalue weighted by Gasteiger charge is -2.10. The fourth-order valence-electron chi connectivity index (χ4n) is 0.885. The fourth-order valence-corrected chi connectivity index (χ4v) is 0.885. The number of nitrogen functional groups attached to an aromatic ring is 1. The molecule has 1 heterocycles. The number of hydrogen-bond donors (Lipinski definition) is 1. The van der Waals surface area contributed by atoms with Crippen LogP contribution in [0.1, 0.15) is 5.56 Å². The normalized spacial score (nSPS) is 11.4. The summed E-state index contributed by atoms with van der Waals surface area (Å²) in [6, 6.07) is 1.50. The number of aromatic nitrogens is 1. The molecule has 6 heteroatoms. The second kappa shape index (κ2) is 3.73. The highest BCUT2D eigenvalue weighted by atomic mass is 19.4. The summed E-state index contributed by atoms with van der Waals surface area (Å²) in [5, 5.41) is 0. The van der Waals surface area contributed by atoms with Crippen LogP contribution in [0.5, 0.6) is 5.88 Å². The van der Waals surface area contributed by atoms with Crippen molar-refractivity contribution < 1.29 is 17.9 Å². The summed E-state index contributed by atoms with van der Waals surface area (Å²) in [6.07, 6.45) is -3.10. The van der Waals surface area contributed by atoms with E-state index in [1.165, 1.54) is 12.3 Å². The van der Waals surface area contributed by atoms with Crippen LogP contribution in [0.3, 0.4) is 0 Å². The Morgan fingerprint density at radius 3 is 2.64 bits per heavy atom. The summed E-state index contributed by atoms with van der Waals surface area (Å²) in [5.41, 5.74) is 6.24. The minimum atomic E-state index is -4.35. The SMILES string of the molecule is Cc1cc(N)cnc1OCC(F)(F)F. The van der Waals surface area contributed by atoms with Gasteiger partial charge in [-0.1, -0.05) is 0 Å². The highest BCUT2D eigenvalue weighted by Gasteiger charge is 2.28. The largest absolute Gasteiger partial charge is 0.468 e. The van der Waals surface area contributed by atoms with E-state index in [2.05, 4.69) is 9.72 Å². The van der Waals surface area contributed by atoms with E-state index in [1.54, 1.807) is 6.92 Å². The number of rotatable bonds is 2. The molecule has 3 nitrogen and oxygen atoms in total. The highest BCUT2D eigenvalue weighted by Crippen LogP contribution is 2.20. The van der Waals surface area contributed by atoms with Crippen LogP contribution in [0.25, 0.3) is 0 Å². The van der Waals surface area contributed by atoms with Gasteiger partial charge in [0.2, 0.25) is 5.88 Å². The predicted molar refractivity (Wildman–Crippen MR) is 44.9 cm³/mol. The van der Waals surface area contributed by atoms with Gasteiger partial charge in [0.05, 0.1) is 11.9 Å². The molecule has 1 rings (SSSR count). The van der Waals surface area contributed by atoms with E-state index < -0.39 is 12.8 Å². The van der Waals surface area contributed by atoms with Crippen molar-refractivity contribution in [3.8, 4) is 5.88 Å². The van der Waals surface area contributed by atoms with E-state index in [0.717, 1.165) is 0 Å². The van der Waals surface area contributed by atoms with Crippen molar-refractivity contribution in [2.24, 2.45) is 0 Å². The lowest BCUT2D eigenvalue weighted by molar-refractivity contribution is -0.154. The molecule has 0 bridgehead atoms. The van der Waals surface area contributed by atoms with Gasteiger partial charge in [-0.05, 0) is 13.0 Å². The Labute approximate surface area is 78.7 Å². The van der Waals surface area contributed by atoms with Crippen LogP contribution in [0.4, 0.5) is 18.9 Å². The Balaban J connectivity index is 2.68. The summed E-state index contributed by atoms with van der Waals surface area (Å²) >= 11 is 0. The molecule has 0 amide bonds. The number of alkyl halides is 3. The number of nitrogens with two attached hydrogens (primary N) is 1. The van der Waals surface area contributed by atoms with Crippen molar-refractivity contribution in [3.05, 3.63) is 17.8 Å². The fraction of sp³-hybridized carbons (Fsp3) is 0.375. The second-order valence-corrected chi connectivity index (χ2v) is 2.79. The predicted octanol–water partition coefficient (Wildman–Crippen LogP) is 1.91. The number of nitrogens with zero attached hydrogens (tertiary/aromatic N) is 1. The van der Waals surface area contributed by atoms with Gasteiger partial charge in [0, 0.05) is 5.56 Å². The zero-order chi connectivity index (χ0) is 10.8. The summed E-state index contributed by atoms with van der Waals surface area (Å²) in [7, 11) is 0. The number of hydrogen-bond acceptors (Lipinski definition) is 3. The van der Waals surface area contributed by atoms with Gasteiger partial charge in [0.15, 0.2) is 6.61 Å². The second-order valence-electron chi connectivity index (χ2n) is 2.79. The van der Waals surface area contributed by atoms with Gasteiger partial charge in [0.25, 0.3) is 0 Å². The summed E-state index contributed by atoms with van der Waals surface area (Å²) in [6.45, 7) is 0.236. The van der Waals surface area contributed by atoms with Crippen molar-refractivity contribution in [3.63, 3.8) is 0 Å². The van der Waals surface area contributed by atoms with E-state index >= 15 is 0 Å². The maximum Gasteiger partial charge on any atom is 0.422 e. The molecule has 0 aliphatic heterocycles. The third-order valence-electron chi connectivity index (χ3n) is 1.42. The van der Waals surface area contributed by atoms with Gasteiger partial charge < -0.3 is 10.5 Å². The number of aryl methyl sites for hydroxylation is 1. The van der Waals surface area contributed by atoms with Crippen molar-refractivity contribution in [1.29, 1.82) is 0 Å². The van der Waals surface area contributed by atoms with Crippen LogP contribution in [0.2, 0.25) is 0 Å². The van der Waals surface area contributed by atoms with Crippen LogP contribution in [-0.4, -0.2) is 17.8 Å². The Morgan fingerprint density at radius 2 is 2.14 bits per heavy atom. The number of halogens is 3. The molecule has 0 unspecified atom stereocenters. The number of anilines is 1. The zero-order valence-corrected chi connectivity index (χ0v) is 7.43. The summed E-state index contributed by atoms with van der Waals surface area (Å²) in [4.78, 5) is 3.63. The number of pyridine rings is 1. The van der Waals surface area contributed by atoms with E-state index in [4.69, 9.17) is 5.73 Å². The van der Waals surface area contributed by atoms with Crippen LogP contribution < -0.4 is 10.5 Å². The van der Waals surface area contributed by atoms with Gasteiger partial charge in [-0.3, -0.25) is 0 Å². The third-order valence-corrected chi connectivity index (χ3v) is 1.42. The first-order valence-corrected chi connectivity index (χ1v) is 3.80. The van der Waals surface area contributed by atoms with Crippen LogP contribution in [-0.2, 0) is 0 Å². The van der Waals surface area contributed by atoms with Crippen molar-refractivity contribution in [2.75, 3.05) is 12.3 Å². The maximum atomic E-state index is 11.8. The molecule has 78 valence electrons. The Morgan fingerprint density at radius 1 is 1.50 bits per heavy atom. The van der Waals surface area contributed by atoms with Crippen molar-refractivity contribution in [1.82, 2.24) is 4.98 Å².